The Hall–Kier alpha value is -0.240. The van der Waals surface area contributed by atoms with Gasteiger partial charge in [0.15, 0.2) is 0 Å². The summed E-state index contributed by atoms with van der Waals surface area (Å²) in [6.07, 6.45) is 4.44. The highest BCUT2D eigenvalue weighted by molar-refractivity contribution is 6.35. The third-order valence-corrected chi connectivity index (χ3v) is 3.64. The van der Waals surface area contributed by atoms with Crippen LogP contribution in [0.15, 0.2) is 18.2 Å². The van der Waals surface area contributed by atoms with Crippen LogP contribution in [-0.2, 0) is 6.42 Å². The van der Waals surface area contributed by atoms with Crippen molar-refractivity contribution in [2.24, 2.45) is 0 Å². The molecule has 96 valence electrons. The van der Waals surface area contributed by atoms with Gasteiger partial charge in [-0.2, -0.15) is 0 Å². The minimum absolute atomic E-state index is 0.567. The van der Waals surface area contributed by atoms with E-state index < -0.39 is 0 Å². The molecule has 1 nitrogen and oxygen atoms in total. The van der Waals surface area contributed by atoms with E-state index in [0.717, 1.165) is 35.0 Å². The average molecular weight is 274 g/mol. The molecule has 1 aromatic carbocycles. The first-order valence-corrected chi connectivity index (χ1v) is 7.10. The average Bonchev–Trinajstić information content (AvgIpc) is 2.29. The summed E-state index contributed by atoms with van der Waals surface area (Å²) in [7, 11) is 0. The Morgan fingerprint density at radius 3 is 2.29 bits per heavy atom. The van der Waals surface area contributed by atoms with Gasteiger partial charge in [-0.05, 0) is 43.5 Å². The van der Waals surface area contributed by atoms with Gasteiger partial charge < -0.3 is 5.32 Å². The molecule has 0 aromatic heterocycles. The minimum Gasteiger partial charge on any atom is -0.314 e. The molecule has 0 saturated carbocycles. The Labute approximate surface area is 115 Å². The molecule has 0 saturated heterocycles. The molecule has 0 aliphatic heterocycles. The van der Waals surface area contributed by atoms with Crippen molar-refractivity contribution in [3.8, 4) is 0 Å². The van der Waals surface area contributed by atoms with Gasteiger partial charge in [0, 0.05) is 16.1 Å². The van der Waals surface area contributed by atoms with Crippen molar-refractivity contribution in [1.82, 2.24) is 5.32 Å². The Morgan fingerprint density at radius 1 is 1.12 bits per heavy atom. The van der Waals surface area contributed by atoms with Crippen molar-refractivity contribution in [3.05, 3.63) is 33.8 Å². The van der Waals surface area contributed by atoms with Crippen LogP contribution >= 0.6 is 23.2 Å². The third kappa shape index (κ3) is 4.87. The van der Waals surface area contributed by atoms with E-state index >= 15 is 0 Å². The van der Waals surface area contributed by atoms with Gasteiger partial charge in [0.25, 0.3) is 0 Å². The molecule has 0 spiro atoms. The van der Waals surface area contributed by atoms with Crippen molar-refractivity contribution >= 4 is 23.2 Å². The highest BCUT2D eigenvalue weighted by Gasteiger charge is 2.10. The summed E-state index contributed by atoms with van der Waals surface area (Å²) in [5.41, 5.74) is 1.08. The predicted octanol–water partition coefficient (Wildman–Crippen LogP) is 4.70. The lowest BCUT2D eigenvalue weighted by molar-refractivity contribution is 0.460. The monoisotopic (exact) mass is 273 g/mol. The van der Waals surface area contributed by atoms with Crippen LogP contribution in [0, 0.1) is 0 Å². The van der Waals surface area contributed by atoms with Crippen LogP contribution in [0.5, 0.6) is 0 Å². The molecule has 0 aliphatic rings. The molecule has 17 heavy (non-hydrogen) atoms. The number of hydrogen-bond donors (Lipinski definition) is 1. The molecule has 0 aliphatic carbocycles. The van der Waals surface area contributed by atoms with Crippen LogP contribution in [0.1, 0.15) is 38.7 Å². The number of halogens is 2. The zero-order valence-electron chi connectivity index (χ0n) is 10.6. The van der Waals surface area contributed by atoms with Crippen molar-refractivity contribution in [1.29, 1.82) is 0 Å². The first kappa shape index (κ1) is 14.8. The van der Waals surface area contributed by atoms with Crippen molar-refractivity contribution < 1.29 is 0 Å². The second-order valence-electron chi connectivity index (χ2n) is 4.28. The van der Waals surface area contributed by atoms with Crippen molar-refractivity contribution in [3.63, 3.8) is 0 Å². The minimum atomic E-state index is 0.567. The summed E-state index contributed by atoms with van der Waals surface area (Å²) in [6.45, 7) is 5.37. The summed E-state index contributed by atoms with van der Waals surface area (Å²) >= 11 is 12.3. The van der Waals surface area contributed by atoms with Crippen LogP contribution < -0.4 is 5.32 Å². The molecular weight excluding hydrogens is 253 g/mol. The van der Waals surface area contributed by atoms with E-state index in [9.17, 15) is 0 Å². The number of hydrogen-bond acceptors (Lipinski definition) is 1. The van der Waals surface area contributed by atoms with Crippen LogP contribution in [0.25, 0.3) is 0 Å². The molecule has 1 unspecified atom stereocenters. The summed E-state index contributed by atoms with van der Waals surface area (Å²) in [6, 6.07) is 6.27. The van der Waals surface area contributed by atoms with E-state index in [1.165, 1.54) is 12.8 Å². The normalized spacial score (nSPS) is 12.7. The van der Waals surface area contributed by atoms with E-state index in [2.05, 4.69) is 19.2 Å². The van der Waals surface area contributed by atoms with Gasteiger partial charge in [-0.1, -0.05) is 49.5 Å². The highest BCUT2D eigenvalue weighted by Crippen LogP contribution is 2.26. The first-order chi connectivity index (χ1) is 8.19. The maximum Gasteiger partial charge on any atom is 0.0452 e. The van der Waals surface area contributed by atoms with Gasteiger partial charge in [-0.25, -0.2) is 0 Å². The number of rotatable bonds is 7. The quantitative estimate of drug-likeness (QED) is 0.759. The molecule has 0 bridgehead atoms. The summed E-state index contributed by atoms with van der Waals surface area (Å²) in [5.74, 6) is 0. The second kappa shape index (κ2) is 7.97. The van der Waals surface area contributed by atoms with Crippen LogP contribution in [0.3, 0.4) is 0 Å². The maximum atomic E-state index is 6.16. The predicted molar refractivity (Wildman–Crippen MR) is 77.2 cm³/mol. The van der Waals surface area contributed by atoms with E-state index in [-0.39, 0.29) is 0 Å². The van der Waals surface area contributed by atoms with E-state index in [4.69, 9.17) is 23.2 Å². The van der Waals surface area contributed by atoms with Crippen molar-refractivity contribution in [2.75, 3.05) is 6.54 Å². The Bertz CT molecular complexity index is 313. The SMILES string of the molecule is CCCC(CCc1c(Cl)cccc1Cl)NCC. The largest absolute Gasteiger partial charge is 0.314 e. The molecule has 3 heteroatoms. The molecule has 0 fully saturated rings. The lowest BCUT2D eigenvalue weighted by atomic mass is 10.0. The standard InChI is InChI=1S/C14H21Cl2N/c1-3-6-11(17-4-2)9-10-12-13(15)7-5-8-14(12)16/h5,7-8,11,17H,3-4,6,9-10H2,1-2H3. The van der Waals surface area contributed by atoms with Crippen LogP contribution in [0.2, 0.25) is 10.0 Å². The lowest BCUT2D eigenvalue weighted by Gasteiger charge is -2.17. The van der Waals surface area contributed by atoms with Gasteiger partial charge in [0.05, 0.1) is 0 Å². The number of benzene rings is 1. The van der Waals surface area contributed by atoms with Gasteiger partial charge >= 0.3 is 0 Å². The molecule has 1 aromatic rings. The summed E-state index contributed by atoms with van der Waals surface area (Å²) < 4.78 is 0. The fourth-order valence-corrected chi connectivity index (χ4v) is 2.66. The van der Waals surface area contributed by atoms with Crippen molar-refractivity contribution in [2.45, 2.75) is 45.6 Å². The zero-order chi connectivity index (χ0) is 12.7. The van der Waals surface area contributed by atoms with E-state index in [1.807, 2.05) is 18.2 Å². The molecule has 1 N–H and O–H groups in total. The van der Waals surface area contributed by atoms with E-state index in [1.54, 1.807) is 0 Å². The molecule has 0 heterocycles. The molecule has 1 atom stereocenters. The first-order valence-electron chi connectivity index (χ1n) is 6.35. The fourth-order valence-electron chi connectivity index (χ4n) is 2.08. The summed E-state index contributed by atoms with van der Waals surface area (Å²) in [4.78, 5) is 0. The molecule has 0 radical (unpaired) electrons. The lowest BCUT2D eigenvalue weighted by Crippen LogP contribution is -2.29. The highest BCUT2D eigenvalue weighted by atomic mass is 35.5. The van der Waals surface area contributed by atoms with Gasteiger partial charge in [-0.3, -0.25) is 0 Å². The van der Waals surface area contributed by atoms with E-state index in [0.29, 0.717) is 6.04 Å². The Balaban J connectivity index is 2.58. The topological polar surface area (TPSA) is 12.0 Å². The van der Waals surface area contributed by atoms with Gasteiger partial charge in [0.1, 0.15) is 0 Å². The Kier molecular flexibility index (Phi) is 6.94. The molecular formula is C14H21Cl2N. The zero-order valence-corrected chi connectivity index (χ0v) is 12.1. The molecule has 1 rings (SSSR count). The van der Waals surface area contributed by atoms with Crippen LogP contribution in [0.4, 0.5) is 0 Å². The fraction of sp³-hybridized carbons (Fsp3) is 0.571. The third-order valence-electron chi connectivity index (χ3n) is 2.93. The van der Waals surface area contributed by atoms with Crippen LogP contribution in [-0.4, -0.2) is 12.6 Å². The molecule has 0 amide bonds. The smallest absolute Gasteiger partial charge is 0.0452 e. The van der Waals surface area contributed by atoms with Gasteiger partial charge in [-0.15, -0.1) is 0 Å². The van der Waals surface area contributed by atoms with Gasteiger partial charge in [0.2, 0.25) is 0 Å². The maximum absolute atomic E-state index is 6.16. The Morgan fingerprint density at radius 2 is 1.76 bits per heavy atom. The summed E-state index contributed by atoms with van der Waals surface area (Å²) in [5, 5.41) is 5.07. The number of nitrogens with one attached hydrogen (secondary N) is 1. The second-order valence-corrected chi connectivity index (χ2v) is 5.10.